The van der Waals surface area contributed by atoms with Crippen molar-refractivity contribution in [1.29, 1.82) is 0 Å². The number of carbonyl (C=O) groups excluding carboxylic acids is 3. The second kappa shape index (κ2) is 9.54. The van der Waals surface area contributed by atoms with Crippen molar-refractivity contribution < 1.29 is 19.1 Å². The average Bonchev–Trinajstić information content (AvgIpc) is 3.15. The Balaban J connectivity index is 1.10. The van der Waals surface area contributed by atoms with Crippen molar-refractivity contribution in [2.45, 2.75) is 88.6 Å². The lowest BCUT2D eigenvalue weighted by molar-refractivity contribution is -0.136. The Morgan fingerprint density at radius 3 is 2.57 bits per heavy atom. The Hall–Kier alpha value is -2.45. The molecule has 3 amide bonds. The van der Waals surface area contributed by atoms with Crippen LogP contribution in [0.4, 0.5) is 0 Å². The van der Waals surface area contributed by atoms with Crippen LogP contribution in [0, 0.1) is 5.92 Å². The molecule has 1 aromatic rings. The standard InChI is InChI=1S/C27H36N4O4/c32-25-11-10-23(26(33)29-25)31-16-17-13-19(8-9-20(17)27(31)34)35-24-7-2-1-6-22(24)30-14-18(15-30)21-5-3-4-12-28-21/h8-9,13,18,21-24,28H,1-7,10-12,14-16H2,(H,29,32,33)/t21?,22-,23?,24+/m0/s1. The molecule has 35 heavy (non-hydrogen) atoms. The van der Waals surface area contributed by atoms with Gasteiger partial charge in [0.15, 0.2) is 0 Å². The zero-order valence-corrected chi connectivity index (χ0v) is 20.3. The number of likely N-dealkylation sites (tertiary alicyclic amines) is 1. The van der Waals surface area contributed by atoms with Crippen molar-refractivity contribution in [1.82, 2.24) is 20.4 Å². The topological polar surface area (TPSA) is 91.0 Å². The normalized spacial score (nSPS) is 32.2. The quantitative estimate of drug-likeness (QED) is 0.628. The van der Waals surface area contributed by atoms with E-state index in [9.17, 15) is 14.4 Å². The van der Waals surface area contributed by atoms with Gasteiger partial charge in [0.05, 0.1) is 0 Å². The molecule has 3 saturated heterocycles. The van der Waals surface area contributed by atoms with Gasteiger partial charge in [0, 0.05) is 43.7 Å². The smallest absolute Gasteiger partial charge is 0.255 e. The molecule has 0 spiro atoms. The minimum Gasteiger partial charge on any atom is -0.489 e. The first-order valence-electron chi connectivity index (χ1n) is 13.5. The third-order valence-electron chi connectivity index (χ3n) is 8.77. The van der Waals surface area contributed by atoms with Gasteiger partial charge >= 0.3 is 0 Å². The highest BCUT2D eigenvalue weighted by atomic mass is 16.5. The van der Waals surface area contributed by atoms with Gasteiger partial charge in [0.1, 0.15) is 17.9 Å². The van der Waals surface area contributed by atoms with Gasteiger partial charge in [-0.1, -0.05) is 12.8 Å². The van der Waals surface area contributed by atoms with E-state index in [2.05, 4.69) is 15.5 Å². The summed E-state index contributed by atoms with van der Waals surface area (Å²) in [6.45, 7) is 3.88. The molecule has 8 heteroatoms. The number of nitrogens with zero attached hydrogens (tertiary/aromatic N) is 2. The largest absolute Gasteiger partial charge is 0.489 e. The average molecular weight is 481 g/mol. The van der Waals surface area contributed by atoms with Crippen molar-refractivity contribution in [2.75, 3.05) is 19.6 Å². The second-order valence-corrected chi connectivity index (χ2v) is 11.0. The molecule has 1 aromatic carbocycles. The van der Waals surface area contributed by atoms with Gasteiger partial charge in [-0.2, -0.15) is 0 Å². The highest BCUT2D eigenvalue weighted by Gasteiger charge is 2.42. The molecule has 188 valence electrons. The molecule has 2 unspecified atom stereocenters. The summed E-state index contributed by atoms with van der Waals surface area (Å²) in [4.78, 5) is 41.0. The van der Waals surface area contributed by atoms with Crippen LogP contribution in [-0.4, -0.2) is 71.4 Å². The number of amides is 3. The van der Waals surface area contributed by atoms with Crippen LogP contribution in [0.25, 0.3) is 0 Å². The third-order valence-corrected chi connectivity index (χ3v) is 8.77. The minimum atomic E-state index is -0.585. The molecule has 0 aromatic heterocycles. The molecule has 6 rings (SSSR count). The van der Waals surface area contributed by atoms with E-state index in [1.165, 1.54) is 51.6 Å². The maximum atomic E-state index is 13.0. The first-order chi connectivity index (χ1) is 17.1. The predicted molar refractivity (Wildman–Crippen MR) is 130 cm³/mol. The summed E-state index contributed by atoms with van der Waals surface area (Å²) in [5.74, 6) is 0.795. The van der Waals surface area contributed by atoms with Crippen LogP contribution in [0.1, 0.15) is 73.7 Å². The van der Waals surface area contributed by atoms with E-state index < -0.39 is 6.04 Å². The molecular weight excluding hydrogens is 444 g/mol. The first kappa shape index (κ1) is 23.0. The summed E-state index contributed by atoms with van der Waals surface area (Å²) in [6.07, 6.45) is 9.48. The molecule has 4 heterocycles. The third kappa shape index (κ3) is 4.47. The highest BCUT2D eigenvalue weighted by Crippen LogP contribution is 2.35. The minimum absolute atomic E-state index is 0.139. The lowest BCUT2D eigenvalue weighted by Crippen LogP contribution is -2.62. The lowest BCUT2D eigenvalue weighted by atomic mass is 9.82. The van der Waals surface area contributed by atoms with Gasteiger partial charge in [-0.15, -0.1) is 0 Å². The lowest BCUT2D eigenvalue weighted by Gasteiger charge is -2.51. The van der Waals surface area contributed by atoms with Crippen LogP contribution in [0.3, 0.4) is 0 Å². The molecule has 5 aliphatic rings. The Morgan fingerprint density at radius 2 is 1.77 bits per heavy atom. The fourth-order valence-corrected chi connectivity index (χ4v) is 6.79. The summed E-state index contributed by atoms with van der Waals surface area (Å²) in [5, 5.41) is 6.09. The van der Waals surface area contributed by atoms with Crippen molar-refractivity contribution in [3.8, 4) is 5.75 Å². The van der Waals surface area contributed by atoms with Crippen LogP contribution in [0.2, 0.25) is 0 Å². The number of hydrogen-bond acceptors (Lipinski definition) is 6. The van der Waals surface area contributed by atoms with Gasteiger partial charge in [0.25, 0.3) is 5.91 Å². The van der Waals surface area contributed by atoms with E-state index >= 15 is 0 Å². The van der Waals surface area contributed by atoms with Crippen molar-refractivity contribution in [3.63, 3.8) is 0 Å². The Labute approximate surface area is 206 Å². The molecule has 1 aliphatic carbocycles. The first-order valence-corrected chi connectivity index (χ1v) is 13.5. The second-order valence-electron chi connectivity index (χ2n) is 11.0. The summed E-state index contributed by atoms with van der Waals surface area (Å²) in [5.41, 5.74) is 1.53. The number of benzene rings is 1. The fourth-order valence-electron chi connectivity index (χ4n) is 6.79. The predicted octanol–water partition coefficient (Wildman–Crippen LogP) is 2.21. The Bertz CT molecular complexity index is 1000. The monoisotopic (exact) mass is 480 g/mol. The Kier molecular flexibility index (Phi) is 6.26. The van der Waals surface area contributed by atoms with E-state index in [1.54, 1.807) is 4.90 Å². The number of ether oxygens (including phenoxy) is 1. The van der Waals surface area contributed by atoms with E-state index in [0.717, 1.165) is 30.2 Å². The van der Waals surface area contributed by atoms with Crippen LogP contribution in [0.5, 0.6) is 5.75 Å². The molecule has 4 atom stereocenters. The van der Waals surface area contributed by atoms with E-state index in [0.29, 0.717) is 30.6 Å². The summed E-state index contributed by atoms with van der Waals surface area (Å²) < 4.78 is 6.57. The van der Waals surface area contributed by atoms with Gasteiger partial charge in [0.2, 0.25) is 11.8 Å². The van der Waals surface area contributed by atoms with Gasteiger partial charge in [-0.25, -0.2) is 0 Å². The summed E-state index contributed by atoms with van der Waals surface area (Å²) in [7, 11) is 0. The number of imide groups is 1. The zero-order chi connectivity index (χ0) is 23.9. The van der Waals surface area contributed by atoms with Crippen molar-refractivity contribution >= 4 is 17.7 Å². The molecule has 1 saturated carbocycles. The number of piperidine rings is 2. The molecule has 4 fully saturated rings. The maximum absolute atomic E-state index is 13.0. The molecule has 4 aliphatic heterocycles. The van der Waals surface area contributed by atoms with E-state index in [4.69, 9.17) is 4.74 Å². The number of nitrogens with one attached hydrogen (secondary N) is 2. The van der Waals surface area contributed by atoms with Gasteiger partial charge < -0.3 is 15.0 Å². The zero-order valence-electron chi connectivity index (χ0n) is 20.3. The molecule has 0 bridgehead atoms. The number of rotatable bonds is 5. The highest BCUT2D eigenvalue weighted by molar-refractivity contribution is 6.05. The fraction of sp³-hybridized carbons (Fsp3) is 0.667. The van der Waals surface area contributed by atoms with E-state index in [1.807, 2.05) is 18.2 Å². The van der Waals surface area contributed by atoms with Crippen molar-refractivity contribution in [3.05, 3.63) is 29.3 Å². The maximum Gasteiger partial charge on any atom is 0.255 e. The van der Waals surface area contributed by atoms with Crippen LogP contribution >= 0.6 is 0 Å². The molecular formula is C27H36N4O4. The van der Waals surface area contributed by atoms with Gasteiger partial charge in [-0.05, 0) is 74.8 Å². The number of fused-ring (bicyclic) bond motifs is 1. The van der Waals surface area contributed by atoms with Crippen LogP contribution in [-0.2, 0) is 16.1 Å². The summed E-state index contributed by atoms with van der Waals surface area (Å²) >= 11 is 0. The summed E-state index contributed by atoms with van der Waals surface area (Å²) in [6, 6.07) is 6.28. The van der Waals surface area contributed by atoms with E-state index in [-0.39, 0.29) is 30.2 Å². The SMILES string of the molecule is O=C1CCC(N2Cc3cc(O[C@@H]4CCCC[C@@H]4N4CC(C5CCCCN5)C4)ccc3C2=O)C(=O)N1. The molecule has 2 N–H and O–H groups in total. The molecule has 8 nitrogen and oxygen atoms in total. The Morgan fingerprint density at radius 1 is 0.943 bits per heavy atom. The molecule has 0 radical (unpaired) electrons. The van der Waals surface area contributed by atoms with Crippen LogP contribution < -0.4 is 15.4 Å². The number of hydrogen-bond donors (Lipinski definition) is 2. The number of carbonyl (C=O) groups is 3. The van der Waals surface area contributed by atoms with Crippen molar-refractivity contribution in [2.24, 2.45) is 5.92 Å². The van der Waals surface area contributed by atoms with Crippen LogP contribution in [0.15, 0.2) is 18.2 Å². The van der Waals surface area contributed by atoms with Gasteiger partial charge in [-0.3, -0.25) is 24.6 Å².